The van der Waals surface area contributed by atoms with Gasteiger partial charge in [-0.1, -0.05) is 25.3 Å². The van der Waals surface area contributed by atoms with E-state index in [-0.39, 0.29) is 0 Å². The van der Waals surface area contributed by atoms with Crippen LogP contribution in [0.5, 0.6) is 0 Å². The Hall–Kier alpha value is -0.300. The number of likely N-dealkylation sites (N-methyl/N-ethyl adjacent to an activating group) is 1. The van der Waals surface area contributed by atoms with Crippen molar-refractivity contribution in [3.05, 3.63) is 12.7 Å². The van der Waals surface area contributed by atoms with Crippen molar-refractivity contribution in [1.82, 2.24) is 5.32 Å². The van der Waals surface area contributed by atoms with Crippen LogP contribution >= 0.6 is 0 Å². The Kier molecular flexibility index (Phi) is 3.64. The van der Waals surface area contributed by atoms with Gasteiger partial charge >= 0.3 is 0 Å². The van der Waals surface area contributed by atoms with E-state index in [4.69, 9.17) is 0 Å². The third-order valence-corrected chi connectivity index (χ3v) is 2.74. The molecule has 0 aromatic rings. The molecule has 0 amide bonds. The molecule has 0 spiro atoms. The molecule has 0 aromatic carbocycles. The van der Waals surface area contributed by atoms with Gasteiger partial charge in [0.05, 0.1) is 0 Å². The summed E-state index contributed by atoms with van der Waals surface area (Å²) in [6.07, 6.45) is 9.09. The van der Waals surface area contributed by atoms with Crippen molar-refractivity contribution < 1.29 is 0 Å². The Morgan fingerprint density at radius 2 is 2.00 bits per heavy atom. The maximum Gasteiger partial charge on any atom is 0.0272 e. The van der Waals surface area contributed by atoms with Crippen molar-refractivity contribution in [2.24, 2.45) is 5.92 Å². The fourth-order valence-electron chi connectivity index (χ4n) is 2.04. The maximum atomic E-state index is 3.84. The van der Waals surface area contributed by atoms with E-state index in [1.165, 1.54) is 32.1 Å². The Balaban J connectivity index is 2.35. The van der Waals surface area contributed by atoms with Gasteiger partial charge in [-0.2, -0.15) is 0 Å². The molecule has 1 atom stereocenters. The fourth-order valence-corrected chi connectivity index (χ4v) is 2.04. The van der Waals surface area contributed by atoms with Gasteiger partial charge in [-0.25, -0.2) is 0 Å². The Bertz CT molecular complexity index is 114. The first-order valence-electron chi connectivity index (χ1n) is 4.68. The third kappa shape index (κ3) is 2.33. The largest absolute Gasteiger partial charge is 0.313 e. The average Bonchev–Trinajstić information content (AvgIpc) is 2.09. The normalized spacial score (nSPS) is 23.0. The molecule has 0 aliphatic heterocycles. The van der Waals surface area contributed by atoms with Crippen molar-refractivity contribution in [2.45, 2.75) is 38.1 Å². The molecule has 0 radical (unpaired) electrons. The Morgan fingerprint density at radius 1 is 1.36 bits per heavy atom. The van der Waals surface area contributed by atoms with Crippen LogP contribution in [-0.4, -0.2) is 13.1 Å². The van der Waals surface area contributed by atoms with Gasteiger partial charge in [0.2, 0.25) is 0 Å². The van der Waals surface area contributed by atoms with E-state index in [0.717, 1.165) is 5.92 Å². The van der Waals surface area contributed by atoms with Crippen LogP contribution in [-0.2, 0) is 0 Å². The van der Waals surface area contributed by atoms with Crippen LogP contribution in [0.4, 0.5) is 0 Å². The summed E-state index contributed by atoms with van der Waals surface area (Å²) in [4.78, 5) is 0. The van der Waals surface area contributed by atoms with Crippen LogP contribution in [0.15, 0.2) is 12.7 Å². The molecule has 0 saturated heterocycles. The first-order chi connectivity index (χ1) is 5.38. The lowest BCUT2D eigenvalue weighted by molar-refractivity contribution is 0.310. The second kappa shape index (κ2) is 4.55. The molecule has 1 unspecified atom stereocenters. The molecular weight excluding hydrogens is 134 g/mol. The van der Waals surface area contributed by atoms with Crippen molar-refractivity contribution in [1.29, 1.82) is 0 Å². The van der Waals surface area contributed by atoms with E-state index in [0.29, 0.717) is 6.04 Å². The van der Waals surface area contributed by atoms with Gasteiger partial charge in [-0.15, -0.1) is 6.58 Å². The summed E-state index contributed by atoms with van der Waals surface area (Å²) in [5.74, 6) is 0.853. The number of hydrogen-bond acceptors (Lipinski definition) is 1. The molecule has 1 aliphatic carbocycles. The SMILES string of the molecule is C=CC(NC)C1CCCCC1. The van der Waals surface area contributed by atoms with Gasteiger partial charge in [0, 0.05) is 6.04 Å². The molecule has 1 fully saturated rings. The van der Waals surface area contributed by atoms with Crippen molar-refractivity contribution in [2.75, 3.05) is 7.05 Å². The van der Waals surface area contributed by atoms with Gasteiger partial charge < -0.3 is 5.32 Å². The van der Waals surface area contributed by atoms with Gasteiger partial charge in [-0.3, -0.25) is 0 Å². The molecule has 11 heavy (non-hydrogen) atoms. The van der Waals surface area contributed by atoms with E-state index in [2.05, 4.69) is 18.0 Å². The summed E-state index contributed by atoms with van der Waals surface area (Å²) < 4.78 is 0. The molecule has 64 valence electrons. The number of rotatable bonds is 3. The van der Waals surface area contributed by atoms with Gasteiger partial charge in [0.15, 0.2) is 0 Å². The molecule has 0 bridgehead atoms. The van der Waals surface area contributed by atoms with Crippen LogP contribution in [0.1, 0.15) is 32.1 Å². The summed E-state index contributed by atoms with van der Waals surface area (Å²) >= 11 is 0. The van der Waals surface area contributed by atoms with E-state index in [1.54, 1.807) is 0 Å². The highest BCUT2D eigenvalue weighted by Crippen LogP contribution is 2.26. The molecule has 1 nitrogen and oxygen atoms in total. The maximum absolute atomic E-state index is 3.84. The number of nitrogens with one attached hydrogen (secondary N) is 1. The fraction of sp³-hybridized carbons (Fsp3) is 0.800. The first kappa shape index (κ1) is 8.79. The molecule has 0 heterocycles. The summed E-state index contributed by atoms with van der Waals surface area (Å²) in [6.45, 7) is 3.84. The Labute approximate surface area is 69.9 Å². The summed E-state index contributed by atoms with van der Waals surface area (Å²) in [5, 5.41) is 3.30. The quantitative estimate of drug-likeness (QED) is 0.614. The highest BCUT2D eigenvalue weighted by molar-refractivity contribution is 4.91. The second-order valence-corrected chi connectivity index (χ2v) is 3.45. The molecule has 1 heteroatoms. The second-order valence-electron chi connectivity index (χ2n) is 3.45. The van der Waals surface area contributed by atoms with Gasteiger partial charge in [-0.05, 0) is 25.8 Å². The molecule has 1 aliphatic rings. The predicted molar refractivity (Wildman–Crippen MR) is 49.6 cm³/mol. The van der Waals surface area contributed by atoms with Gasteiger partial charge in [0.1, 0.15) is 0 Å². The predicted octanol–water partition coefficient (Wildman–Crippen LogP) is 2.34. The minimum absolute atomic E-state index is 0.551. The highest BCUT2D eigenvalue weighted by Gasteiger charge is 2.19. The smallest absolute Gasteiger partial charge is 0.0272 e. The van der Waals surface area contributed by atoms with Gasteiger partial charge in [0.25, 0.3) is 0 Å². The standard InChI is InChI=1S/C10H19N/c1-3-10(11-2)9-7-5-4-6-8-9/h3,9-11H,1,4-8H2,2H3. The van der Waals surface area contributed by atoms with Crippen molar-refractivity contribution in [3.63, 3.8) is 0 Å². The van der Waals surface area contributed by atoms with Crippen LogP contribution in [0.2, 0.25) is 0 Å². The zero-order chi connectivity index (χ0) is 8.10. The Morgan fingerprint density at radius 3 is 2.45 bits per heavy atom. The number of hydrogen-bond donors (Lipinski definition) is 1. The molecule has 1 N–H and O–H groups in total. The zero-order valence-corrected chi connectivity index (χ0v) is 7.47. The average molecular weight is 153 g/mol. The summed E-state index contributed by atoms with van der Waals surface area (Å²) in [7, 11) is 2.03. The first-order valence-corrected chi connectivity index (χ1v) is 4.68. The lowest BCUT2D eigenvalue weighted by Gasteiger charge is -2.27. The van der Waals surface area contributed by atoms with E-state index < -0.39 is 0 Å². The van der Waals surface area contributed by atoms with E-state index in [9.17, 15) is 0 Å². The zero-order valence-electron chi connectivity index (χ0n) is 7.47. The summed E-state index contributed by atoms with van der Waals surface area (Å²) in [5.41, 5.74) is 0. The van der Waals surface area contributed by atoms with Crippen molar-refractivity contribution in [3.8, 4) is 0 Å². The summed E-state index contributed by atoms with van der Waals surface area (Å²) in [6, 6.07) is 0.551. The molecule has 0 aromatic heterocycles. The minimum atomic E-state index is 0.551. The molecule has 1 rings (SSSR count). The molecule has 1 saturated carbocycles. The highest BCUT2D eigenvalue weighted by atomic mass is 14.9. The lowest BCUT2D eigenvalue weighted by Crippen LogP contribution is -2.32. The van der Waals surface area contributed by atoms with Crippen LogP contribution in [0, 0.1) is 5.92 Å². The van der Waals surface area contributed by atoms with Crippen LogP contribution in [0.3, 0.4) is 0 Å². The lowest BCUT2D eigenvalue weighted by atomic mass is 9.84. The van der Waals surface area contributed by atoms with Crippen LogP contribution in [0.25, 0.3) is 0 Å². The van der Waals surface area contributed by atoms with Crippen LogP contribution < -0.4 is 5.32 Å². The monoisotopic (exact) mass is 153 g/mol. The minimum Gasteiger partial charge on any atom is -0.313 e. The van der Waals surface area contributed by atoms with Crippen molar-refractivity contribution >= 4 is 0 Å². The van der Waals surface area contributed by atoms with E-state index in [1.807, 2.05) is 7.05 Å². The third-order valence-electron chi connectivity index (χ3n) is 2.74. The molecular formula is C10H19N. The topological polar surface area (TPSA) is 12.0 Å². The van der Waals surface area contributed by atoms with E-state index >= 15 is 0 Å².